The van der Waals surface area contributed by atoms with Crippen molar-refractivity contribution < 1.29 is 4.79 Å². The summed E-state index contributed by atoms with van der Waals surface area (Å²) in [6.07, 6.45) is 0. The zero-order valence-electron chi connectivity index (χ0n) is 10.9. The summed E-state index contributed by atoms with van der Waals surface area (Å²) >= 11 is 7.63. The molecule has 0 spiro atoms. The maximum absolute atomic E-state index is 12.2. The maximum atomic E-state index is 12.2. The summed E-state index contributed by atoms with van der Waals surface area (Å²) < 4.78 is 0. The van der Waals surface area contributed by atoms with Gasteiger partial charge in [0.05, 0.1) is 5.25 Å². The Hall–Kier alpha value is -0.670. The molecule has 2 unspecified atom stereocenters. The summed E-state index contributed by atoms with van der Waals surface area (Å²) in [5.74, 6) is 0.725. The van der Waals surface area contributed by atoms with E-state index in [4.69, 9.17) is 11.6 Å². The quantitative estimate of drug-likeness (QED) is 0.837. The van der Waals surface area contributed by atoms with Gasteiger partial charge in [-0.2, -0.15) is 0 Å². The van der Waals surface area contributed by atoms with Gasteiger partial charge in [0, 0.05) is 11.6 Å². The highest BCUT2D eigenvalue weighted by Gasteiger charge is 2.38. The fraction of sp³-hybridized carbons (Fsp3) is 0.500. The number of amides is 1. The van der Waals surface area contributed by atoms with Crippen LogP contribution in [0.1, 0.15) is 31.7 Å². The molecule has 1 aromatic rings. The second-order valence-electron chi connectivity index (χ2n) is 5.07. The van der Waals surface area contributed by atoms with Crippen LogP contribution in [0.2, 0.25) is 5.02 Å². The van der Waals surface area contributed by atoms with Crippen molar-refractivity contribution in [3.05, 3.63) is 34.9 Å². The molecule has 0 radical (unpaired) electrons. The van der Waals surface area contributed by atoms with E-state index in [2.05, 4.69) is 13.8 Å². The van der Waals surface area contributed by atoms with Gasteiger partial charge in [-0.15, -0.1) is 11.8 Å². The van der Waals surface area contributed by atoms with E-state index in [1.165, 1.54) is 0 Å². The molecule has 0 bridgehead atoms. The molecule has 1 heterocycles. The van der Waals surface area contributed by atoms with Crippen molar-refractivity contribution in [1.29, 1.82) is 0 Å². The highest BCUT2D eigenvalue weighted by atomic mass is 35.5. The molecule has 2 nitrogen and oxygen atoms in total. The van der Waals surface area contributed by atoms with Gasteiger partial charge in [0.1, 0.15) is 5.37 Å². The van der Waals surface area contributed by atoms with E-state index in [-0.39, 0.29) is 16.5 Å². The number of benzene rings is 1. The molecule has 0 N–H and O–H groups in total. The lowest BCUT2D eigenvalue weighted by Crippen LogP contribution is -2.33. The Labute approximate surface area is 118 Å². The molecule has 2 rings (SSSR count). The monoisotopic (exact) mass is 283 g/mol. The first-order valence-electron chi connectivity index (χ1n) is 6.20. The molecule has 2 atom stereocenters. The zero-order valence-corrected chi connectivity index (χ0v) is 12.5. The van der Waals surface area contributed by atoms with E-state index in [1.807, 2.05) is 36.1 Å². The van der Waals surface area contributed by atoms with Gasteiger partial charge in [-0.05, 0) is 30.5 Å². The van der Waals surface area contributed by atoms with Crippen molar-refractivity contribution in [2.24, 2.45) is 5.92 Å². The molecule has 0 aromatic heterocycles. The lowest BCUT2D eigenvalue weighted by molar-refractivity contribution is -0.130. The number of carbonyl (C=O) groups is 1. The van der Waals surface area contributed by atoms with E-state index < -0.39 is 0 Å². The van der Waals surface area contributed by atoms with Gasteiger partial charge in [0.25, 0.3) is 0 Å². The Kier molecular flexibility index (Phi) is 4.23. The average Bonchev–Trinajstić information content (AvgIpc) is 2.58. The van der Waals surface area contributed by atoms with Crippen LogP contribution < -0.4 is 0 Å². The minimum absolute atomic E-state index is 0.0458. The second-order valence-corrected chi connectivity index (χ2v) is 6.93. The Bertz CT molecular complexity index is 432. The Balaban J connectivity index is 2.24. The van der Waals surface area contributed by atoms with Crippen LogP contribution in [-0.2, 0) is 4.79 Å². The van der Waals surface area contributed by atoms with Crippen molar-refractivity contribution in [1.82, 2.24) is 4.90 Å². The fourth-order valence-electron chi connectivity index (χ4n) is 2.14. The van der Waals surface area contributed by atoms with Gasteiger partial charge in [0.2, 0.25) is 5.91 Å². The largest absolute Gasteiger partial charge is 0.325 e. The second kappa shape index (κ2) is 5.54. The van der Waals surface area contributed by atoms with Crippen LogP contribution >= 0.6 is 23.4 Å². The van der Waals surface area contributed by atoms with Gasteiger partial charge in [-0.25, -0.2) is 0 Å². The lowest BCUT2D eigenvalue weighted by Gasteiger charge is -2.25. The van der Waals surface area contributed by atoms with Crippen LogP contribution in [0.3, 0.4) is 0 Å². The lowest BCUT2D eigenvalue weighted by atomic mass is 10.1. The molecule has 4 heteroatoms. The molecule has 0 aliphatic carbocycles. The van der Waals surface area contributed by atoms with Crippen LogP contribution in [0.4, 0.5) is 0 Å². The first-order chi connectivity index (χ1) is 8.49. The number of halogens is 1. The minimum atomic E-state index is 0.0458. The van der Waals surface area contributed by atoms with Crippen molar-refractivity contribution in [2.45, 2.75) is 31.4 Å². The third-order valence-corrected chi connectivity index (χ3v) is 4.61. The molecule has 1 amide bonds. The molecule has 18 heavy (non-hydrogen) atoms. The molecule has 1 aromatic carbocycles. The number of rotatable bonds is 3. The van der Waals surface area contributed by atoms with E-state index in [0.29, 0.717) is 5.92 Å². The summed E-state index contributed by atoms with van der Waals surface area (Å²) in [6, 6.07) is 7.80. The number of hydrogen-bond acceptors (Lipinski definition) is 2. The fourth-order valence-corrected chi connectivity index (χ4v) is 3.55. The molecule has 1 aliphatic heterocycles. The normalized spacial score (nSPS) is 24.1. The minimum Gasteiger partial charge on any atom is -0.325 e. The molecule has 0 saturated carbocycles. The predicted octanol–water partition coefficient (Wildman–Crippen LogP) is 3.96. The first-order valence-corrected chi connectivity index (χ1v) is 7.52. The van der Waals surface area contributed by atoms with Crippen LogP contribution in [0.15, 0.2) is 24.3 Å². The van der Waals surface area contributed by atoms with Gasteiger partial charge in [-0.1, -0.05) is 37.6 Å². The van der Waals surface area contributed by atoms with Gasteiger partial charge in [-0.3, -0.25) is 4.79 Å². The summed E-state index contributed by atoms with van der Waals surface area (Å²) in [7, 11) is 0. The Morgan fingerprint density at radius 1 is 1.33 bits per heavy atom. The molecule has 1 fully saturated rings. The topological polar surface area (TPSA) is 20.3 Å². The smallest absolute Gasteiger partial charge is 0.236 e. The summed E-state index contributed by atoms with van der Waals surface area (Å²) in [4.78, 5) is 14.2. The zero-order chi connectivity index (χ0) is 13.3. The van der Waals surface area contributed by atoms with Gasteiger partial charge >= 0.3 is 0 Å². The molecule has 1 aliphatic rings. The summed E-state index contributed by atoms with van der Waals surface area (Å²) in [6.45, 7) is 7.07. The molecule has 98 valence electrons. The van der Waals surface area contributed by atoms with Crippen molar-refractivity contribution >= 4 is 29.3 Å². The van der Waals surface area contributed by atoms with E-state index in [0.717, 1.165) is 17.1 Å². The molecular weight excluding hydrogens is 266 g/mol. The van der Waals surface area contributed by atoms with E-state index in [1.54, 1.807) is 11.8 Å². The van der Waals surface area contributed by atoms with Crippen molar-refractivity contribution in [2.75, 3.05) is 6.54 Å². The number of nitrogens with zero attached hydrogens (tertiary/aromatic N) is 1. The van der Waals surface area contributed by atoms with E-state index in [9.17, 15) is 4.79 Å². The van der Waals surface area contributed by atoms with Crippen LogP contribution in [0.25, 0.3) is 0 Å². The predicted molar refractivity (Wildman–Crippen MR) is 77.8 cm³/mol. The van der Waals surface area contributed by atoms with Crippen molar-refractivity contribution in [3.8, 4) is 0 Å². The summed E-state index contributed by atoms with van der Waals surface area (Å²) in [5, 5.41) is 0.910. The third kappa shape index (κ3) is 2.83. The Morgan fingerprint density at radius 2 is 1.94 bits per heavy atom. The SMILES string of the molecule is CC(C)CN1C(=O)C(C)SC1c1ccc(Cl)cc1. The summed E-state index contributed by atoms with van der Waals surface area (Å²) in [5.41, 5.74) is 1.16. The third-order valence-electron chi connectivity index (χ3n) is 2.96. The number of carbonyl (C=O) groups excluding carboxylic acids is 1. The van der Waals surface area contributed by atoms with Crippen molar-refractivity contribution in [3.63, 3.8) is 0 Å². The maximum Gasteiger partial charge on any atom is 0.236 e. The van der Waals surface area contributed by atoms with Gasteiger partial charge in [0.15, 0.2) is 0 Å². The number of thioether (sulfide) groups is 1. The highest BCUT2D eigenvalue weighted by Crippen LogP contribution is 2.43. The Morgan fingerprint density at radius 3 is 2.50 bits per heavy atom. The standard InChI is InChI=1S/C14H18ClNOS/c1-9(2)8-16-13(17)10(3)18-14(16)11-4-6-12(15)7-5-11/h4-7,9-10,14H,8H2,1-3H3. The molecular formula is C14H18ClNOS. The number of hydrogen-bond donors (Lipinski definition) is 0. The van der Waals surface area contributed by atoms with E-state index >= 15 is 0 Å². The van der Waals surface area contributed by atoms with Crippen LogP contribution in [-0.4, -0.2) is 22.6 Å². The highest BCUT2D eigenvalue weighted by molar-refractivity contribution is 8.01. The van der Waals surface area contributed by atoms with Gasteiger partial charge < -0.3 is 4.90 Å². The average molecular weight is 284 g/mol. The first kappa shape index (κ1) is 13.8. The van der Waals surface area contributed by atoms with Crippen LogP contribution in [0, 0.1) is 5.92 Å². The van der Waals surface area contributed by atoms with Crippen LogP contribution in [0.5, 0.6) is 0 Å². The molecule has 1 saturated heterocycles.